The Morgan fingerprint density at radius 1 is 1.18 bits per heavy atom. The Labute approximate surface area is 175 Å². The Kier molecular flexibility index (Phi) is 6.03. The number of hydrogen-bond donors (Lipinski definition) is 1. The van der Waals surface area contributed by atoms with Crippen molar-refractivity contribution in [3.63, 3.8) is 0 Å². The van der Waals surface area contributed by atoms with Crippen molar-refractivity contribution in [1.82, 2.24) is 0 Å². The summed E-state index contributed by atoms with van der Waals surface area (Å²) in [5, 5.41) is 3.31. The van der Waals surface area contributed by atoms with Crippen molar-refractivity contribution in [3.8, 4) is 12.3 Å². The summed E-state index contributed by atoms with van der Waals surface area (Å²) >= 11 is 11.5. The molecule has 0 radical (unpaired) electrons. The van der Waals surface area contributed by atoms with Crippen LogP contribution < -0.4 is 5.32 Å². The van der Waals surface area contributed by atoms with E-state index in [1.165, 1.54) is 0 Å². The molecule has 0 saturated heterocycles. The summed E-state index contributed by atoms with van der Waals surface area (Å²) in [7, 11) is 0. The zero-order valence-electron chi connectivity index (χ0n) is 15.7. The predicted molar refractivity (Wildman–Crippen MR) is 114 cm³/mol. The molecule has 144 valence electrons. The van der Waals surface area contributed by atoms with E-state index in [1.807, 2.05) is 68.4 Å². The highest BCUT2D eigenvalue weighted by atomic mass is 35.5. The molecule has 0 bridgehead atoms. The Morgan fingerprint density at radius 2 is 1.86 bits per heavy atom. The van der Waals surface area contributed by atoms with E-state index in [0.29, 0.717) is 0 Å². The van der Waals surface area contributed by atoms with Crippen molar-refractivity contribution in [2.75, 3.05) is 5.32 Å². The maximum absolute atomic E-state index is 12.7. The smallest absolute Gasteiger partial charge is 0.311 e. The number of benzene rings is 2. The Balaban J connectivity index is 1.72. The molecule has 3 atom stereocenters. The van der Waals surface area contributed by atoms with Gasteiger partial charge in [-0.25, -0.2) is 0 Å². The first kappa shape index (κ1) is 20.3. The molecule has 1 fully saturated rings. The van der Waals surface area contributed by atoms with Crippen LogP contribution in [0.2, 0.25) is 0 Å². The molecular weight excluding hydrogens is 393 g/mol. The number of hydrogen-bond acceptors (Lipinski definition) is 3. The number of anilines is 2. The van der Waals surface area contributed by atoms with Crippen LogP contribution >= 0.6 is 23.2 Å². The molecule has 0 aromatic heterocycles. The van der Waals surface area contributed by atoms with E-state index in [9.17, 15) is 4.79 Å². The van der Waals surface area contributed by atoms with Crippen LogP contribution in [0.5, 0.6) is 0 Å². The van der Waals surface area contributed by atoms with E-state index in [1.54, 1.807) is 6.08 Å². The lowest BCUT2D eigenvalue weighted by Crippen LogP contribution is -2.14. The lowest BCUT2D eigenvalue weighted by molar-refractivity contribution is -0.149. The number of rotatable bonds is 6. The monoisotopic (exact) mass is 413 g/mol. The second-order valence-corrected chi connectivity index (χ2v) is 8.39. The second kappa shape index (κ2) is 8.31. The largest absolute Gasteiger partial charge is 0.444 e. The van der Waals surface area contributed by atoms with Gasteiger partial charge < -0.3 is 10.1 Å². The quantitative estimate of drug-likeness (QED) is 0.449. The van der Waals surface area contributed by atoms with Crippen LogP contribution in [0.1, 0.15) is 25.5 Å². The van der Waals surface area contributed by atoms with E-state index in [2.05, 4.69) is 11.2 Å². The summed E-state index contributed by atoms with van der Waals surface area (Å²) in [5.74, 6) is 1.85. The van der Waals surface area contributed by atoms with Gasteiger partial charge in [-0.3, -0.25) is 4.79 Å². The van der Waals surface area contributed by atoms with E-state index in [0.717, 1.165) is 16.9 Å². The molecule has 0 aliphatic heterocycles. The van der Waals surface area contributed by atoms with Gasteiger partial charge in [-0.15, -0.1) is 6.42 Å². The number of ether oxygens (including phenoxy) is 1. The molecule has 2 aromatic carbocycles. The van der Waals surface area contributed by atoms with Gasteiger partial charge in [0.05, 0.1) is 5.92 Å². The van der Waals surface area contributed by atoms with Gasteiger partial charge in [0.1, 0.15) is 4.49 Å². The van der Waals surface area contributed by atoms with Crippen molar-refractivity contribution >= 4 is 40.5 Å². The van der Waals surface area contributed by atoms with Crippen LogP contribution in [0.25, 0.3) is 0 Å². The molecule has 3 nitrogen and oxygen atoms in total. The molecule has 1 saturated carbocycles. The minimum atomic E-state index is -0.766. The van der Waals surface area contributed by atoms with Gasteiger partial charge in [0.25, 0.3) is 0 Å². The number of para-hydroxylation sites is 1. The summed E-state index contributed by atoms with van der Waals surface area (Å²) in [6, 6.07) is 17.3. The topological polar surface area (TPSA) is 38.3 Å². The van der Waals surface area contributed by atoms with Gasteiger partial charge in [0.15, 0.2) is 6.10 Å². The van der Waals surface area contributed by atoms with Gasteiger partial charge in [-0.2, -0.15) is 0 Å². The molecule has 0 amide bonds. The summed E-state index contributed by atoms with van der Waals surface area (Å²) in [6.07, 6.45) is 6.58. The van der Waals surface area contributed by atoms with Crippen molar-refractivity contribution in [2.45, 2.75) is 20.0 Å². The second-order valence-electron chi connectivity index (χ2n) is 7.38. The van der Waals surface area contributed by atoms with E-state index in [4.69, 9.17) is 34.4 Å². The maximum Gasteiger partial charge on any atom is 0.311 e. The Morgan fingerprint density at radius 3 is 2.50 bits per heavy atom. The fourth-order valence-electron chi connectivity index (χ4n) is 3.43. The number of carbonyl (C=O) groups is 1. The molecule has 3 unspecified atom stereocenters. The van der Waals surface area contributed by atoms with Gasteiger partial charge in [0.2, 0.25) is 0 Å². The first-order chi connectivity index (χ1) is 13.3. The third kappa shape index (κ3) is 4.52. The molecule has 0 heterocycles. The minimum Gasteiger partial charge on any atom is -0.444 e. The van der Waals surface area contributed by atoms with E-state index < -0.39 is 6.10 Å². The minimum absolute atomic E-state index is 0.0606. The van der Waals surface area contributed by atoms with Crippen LogP contribution in [0.3, 0.4) is 0 Å². The molecule has 0 spiro atoms. The number of nitrogens with one attached hydrogen (secondary N) is 1. The number of esters is 1. The predicted octanol–water partition coefficient (Wildman–Crippen LogP) is 6.24. The molecule has 2 aromatic rings. The van der Waals surface area contributed by atoms with Crippen LogP contribution in [0.15, 0.2) is 65.2 Å². The van der Waals surface area contributed by atoms with Crippen LogP contribution in [0.4, 0.5) is 11.4 Å². The van der Waals surface area contributed by atoms with Gasteiger partial charge in [-0.05, 0) is 41.7 Å². The average molecular weight is 414 g/mol. The number of allylic oxidation sites excluding steroid dienone is 1. The van der Waals surface area contributed by atoms with E-state index in [-0.39, 0.29) is 27.7 Å². The molecule has 28 heavy (non-hydrogen) atoms. The van der Waals surface area contributed by atoms with Crippen molar-refractivity contribution in [3.05, 3.63) is 70.7 Å². The third-order valence-electron chi connectivity index (χ3n) is 5.11. The number of halogens is 2. The molecule has 1 aliphatic carbocycles. The standard InChI is InChI=1S/C23H21Cl2NO2/c1-4-19(28-22(27)21-18(14-20(24)25)23(21,2)3)15-9-8-12-17(13-15)26-16-10-6-5-7-11-16/h1,5-14,18-19,21,26H,2-3H3. The molecule has 5 heteroatoms. The number of carbonyl (C=O) groups excluding carboxylic acids is 1. The first-order valence-corrected chi connectivity index (χ1v) is 9.70. The summed E-state index contributed by atoms with van der Waals surface area (Å²) in [5.41, 5.74) is 2.29. The average Bonchev–Trinajstić information content (AvgIpc) is 3.20. The maximum atomic E-state index is 12.7. The fourth-order valence-corrected chi connectivity index (χ4v) is 3.70. The zero-order chi connectivity index (χ0) is 20.3. The Bertz CT molecular complexity index is 927. The highest BCUT2D eigenvalue weighted by Gasteiger charge is 2.61. The van der Waals surface area contributed by atoms with Crippen molar-refractivity contribution < 1.29 is 9.53 Å². The third-order valence-corrected chi connectivity index (χ3v) is 5.36. The molecular formula is C23H21Cl2NO2. The zero-order valence-corrected chi connectivity index (χ0v) is 17.2. The highest BCUT2D eigenvalue weighted by molar-refractivity contribution is 6.55. The van der Waals surface area contributed by atoms with Gasteiger partial charge in [0, 0.05) is 16.9 Å². The van der Waals surface area contributed by atoms with Crippen LogP contribution in [0, 0.1) is 29.6 Å². The van der Waals surface area contributed by atoms with Crippen molar-refractivity contribution in [2.24, 2.45) is 17.3 Å². The van der Waals surface area contributed by atoms with Crippen molar-refractivity contribution in [1.29, 1.82) is 0 Å². The summed E-state index contributed by atoms with van der Waals surface area (Å²) in [4.78, 5) is 12.7. The van der Waals surface area contributed by atoms with E-state index >= 15 is 0 Å². The number of terminal acetylenes is 1. The summed E-state index contributed by atoms with van der Waals surface area (Å²) < 4.78 is 5.80. The lowest BCUT2D eigenvalue weighted by atomic mass is 10.1. The molecule has 1 aliphatic rings. The first-order valence-electron chi connectivity index (χ1n) is 8.94. The van der Waals surface area contributed by atoms with Gasteiger partial charge in [-0.1, -0.05) is 73.3 Å². The van der Waals surface area contributed by atoms with Gasteiger partial charge >= 0.3 is 5.97 Å². The van der Waals surface area contributed by atoms with Crippen LogP contribution in [-0.2, 0) is 9.53 Å². The highest BCUT2D eigenvalue weighted by Crippen LogP contribution is 2.60. The SMILES string of the molecule is C#CC(OC(=O)C1C(C=C(Cl)Cl)C1(C)C)c1cccc(Nc2ccccc2)c1. The summed E-state index contributed by atoms with van der Waals surface area (Å²) in [6.45, 7) is 3.96. The Hall–Kier alpha value is -2.41. The molecule has 3 rings (SSSR count). The van der Waals surface area contributed by atoms with Crippen LogP contribution in [-0.4, -0.2) is 5.97 Å². The fraction of sp³-hybridized carbons (Fsp3) is 0.261. The lowest BCUT2D eigenvalue weighted by Gasteiger charge is -2.15. The molecule has 1 N–H and O–H groups in total. The normalized spacial score (nSPS) is 20.4.